The minimum atomic E-state index is -0.188. The van der Waals surface area contributed by atoms with E-state index in [0.29, 0.717) is 19.6 Å². The molecular formula is C17H20N4O2. The van der Waals surface area contributed by atoms with Crippen molar-refractivity contribution >= 4 is 11.8 Å². The molecule has 0 saturated heterocycles. The van der Waals surface area contributed by atoms with Crippen LogP contribution in [0.3, 0.4) is 0 Å². The lowest BCUT2D eigenvalue weighted by molar-refractivity contribution is 0.214. The number of fused-ring (bicyclic) bond motifs is 1. The van der Waals surface area contributed by atoms with Gasteiger partial charge in [-0.1, -0.05) is 24.3 Å². The van der Waals surface area contributed by atoms with E-state index in [-0.39, 0.29) is 12.1 Å². The van der Waals surface area contributed by atoms with Gasteiger partial charge in [-0.3, -0.25) is 0 Å². The Balaban J connectivity index is 1.30. The van der Waals surface area contributed by atoms with Crippen molar-refractivity contribution in [3.8, 4) is 5.75 Å². The predicted molar refractivity (Wildman–Crippen MR) is 88.7 cm³/mol. The minimum Gasteiger partial charge on any atom is -0.488 e. The molecule has 0 radical (unpaired) electrons. The third-order valence-corrected chi connectivity index (χ3v) is 3.59. The number of pyridine rings is 1. The molecule has 23 heavy (non-hydrogen) atoms. The standard InChI is InChI=1S/C17H20N4O2/c22-17(20-10-9-19-16-7-3-4-8-18-16)21-12-14-11-13-5-1-2-6-15(13)23-14/h1-8,14H,9-12H2,(H,18,19)(H2,20,21,22)/t14-/m1/s1. The molecule has 0 aliphatic carbocycles. The van der Waals surface area contributed by atoms with E-state index in [2.05, 4.69) is 27.0 Å². The van der Waals surface area contributed by atoms with Crippen LogP contribution in [-0.4, -0.2) is 36.8 Å². The van der Waals surface area contributed by atoms with Crippen molar-refractivity contribution < 1.29 is 9.53 Å². The van der Waals surface area contributed by atoms with E-state index in [1.54, 1.807) is 6.20 Å². The second kappa shape index (κ2) is 7.49. The molecule has 2 heterocycles. The number of aromatic nitrogens is 1. The van der Waals surface area contributed by atoms with Crippen LogP contribution < -0.4 is 20.7 Å². The van der Waals surface area contributed by atoms with Gasteiger partial charge in [-0.15, -0.1) is 0 Å². The molecule has 6 nitrogen and oxygen atoms in total. The largest absolute Gasteiger partial charge is 0.488 e. The van der Waals surface area contributed by atoms with Crippen LogP contribution in [0.1, 0.15) is 5.56 Å². The molecule has 0 spiro atoms. The SMILES string of the molecule is O=C(NCCNc1ccccn1)NC[C@H]1Cc2ccccc2O1. The Bertz CT molecular complexity index is 623. The number of amides is 2. The van der Waals surface area contributed by atoms with E-state index in [9.17, 15) is 4.79 Å². The number of carbonyl (C=O) groups excluding carboxylic acids is 1. The van der Waals surface area contributed by atoms with Gasteiger partial charge < -0.3 is 20.7 Å². The van der Waals surface area contributed by atoms with Crippen molar-refractivity contribution in [3.05, 3.63) is 54.2 Å². The van der Waals surface area contributed by atoms with Crippen LogP contribution >= 0.6 is 0 Å². The first-order valence-corrected chi connectivity index (χ1v) is 7.72. The van der Waals surface area contributed by atoms with E-state index < -0.39 is 0 Å². The molecule has 120 valence electrons. The predicted octanol–water partition coefficient (Wildman–Crippen LogP) is 1.80. The van der Waals surface area contributed by atoms with Crippen molar-refractivity contribution in [2.45, 2.75) is 12.5 Å². The summed E-state index contributed by atoms with van der Waals surface area (Å²) in [5.74, 6) is 1.71. The fourth-order valence-electron chi connectivity index (χ4n) is 2.47. The summed E-state index contributed by atoms with van der Waals surface area (Å²) in [6, 6.07) is 13.4. The summed E-state index contributed by atoms with van der Waals surface area (Å²) in [5.41, 5.74) is 1.19. The first-order chi connectivity index (χ1) is 11.3. The summed E-state index contributed by atoms with van der Waals surface area (Å²) in [4.78, 5) is 15.9. The lowest BCUT2D eigenvalue weighted by Crippen LogP contribution is -2.42. The highest BCUT2D eigenvalue weighted by atomic mass is 16.5. The molecule has 1 aromatic carbocycles. The average Bonchev–Trinajstić information content (AvgIpc) is 3.01. The highest BCUT2D eigenvalue weighted by Gasteiger charge is 2.22. The van der Waals surface area contributed by atoms with Crippen molar-refractivity contribution in [2.24, 2.45) is 0 Å². The highest BCUT2D eigenvalue weighted by molar-refractivity contribution is 5.73. The molecule has 2 aromatic rings. The van der Waals surface area contributed by atoms with Crippen molar-refractivity contribution in [1.29, 1.82) is 0 Å². The van der Waals surface area contributed by atoms with Gasteiger partial charge in [-0.2, -0.15) is 0 Å². The zero-order valence-corrected chi connectivity index (χ0v) is 12.8. The van der Waals surface area contributed by atoms with Crippen LogP contribution in [-0.2, 0) is 6.42 Å². The molecule has 0 saturated carbocycles. The number of ether oxygens (including phenoxy) is 1. The number of urea groups is 1. The summed E-state index contributed by atoms with van der Waals surface area (Å²) < 4.78 is 5.78. The molecule has 1 atom stereocenters. The van der Waals surface area contributed by atoms with Crippen LogP contribution in [0.4, 0.5) is 10.6 Å². The number of hydrogen-bond acceptors (Lipinski definition) is 4. The van der Waals surface area contributed by atoms with Crippen LogP contribution in [0.15, 0.2) is 48.7 Å². The van der Waals surface area contributed by atoms with E-state index in [1.807, 2.05) is 36.4 Å². The van der Waals surface area contributed by atoms with E-state index in [0.717, 1.165) is 18.0 Å². The second-order valence-electron chi connectivity index (χ2n) is 5.33. The fourth-order valence-corrected chi connectivity index (χ4v) is 2.47. The van der Waals surface area contributed by atoms with E-state index in [1.165, 1.54) is 5.56 Å². The number of benzene rings is 1. The number of rotatable bonds is 6. The topological polar surface area (TPSA) is 75.3 Å². The highest BCUT2D eigenvalue weighted by Crippen LogP contribution is 2.27. The second-order valence-corrected chi connectivity index (χ2v) is 5.33. The first kappa shape index (κ1) is 15.1. The van der Waals surface area contributed by atoms with Gasteiger partial charge in [0.25, 0.3) is 0 Å². The van der Waals surface area contributed by atoms with Gasteiger partial charge in [0.2, 0.25) is 0 Å². The van der Waals surface area contributed by atoms with Gasteiger partial charge in [0.15, 0.2) is 0 Å². The van der Waals surface area contributed by atoms with E-state index >= 15 is 0 Å². The Morgan fingerprint density at radius 2 is 2.00 bits per heavy atom. The molecule has 6 heteroatoms. The fraction of sp³-hybridized carbons (Fsp3) is 0.294. The molecular weight excluding hydrogens is 292 g/mol. The third kappa shape index (κ3) is 4.35. The normalized spacial score (nSPS) is 15.4. The molecule has 1 aromatic heterocycles. The summed E-state index contributed by atoms with van der Waals surface area (Å²) in [7, 11) is 0. The number of anilines is 1. The Morgan fingerprint density at radius 3 is 2.83 bits per heavy atom. The minimum absolute atomic E-state index is 0.00444. The van der Waals surface area contributed by atoms with Gasteiger partial charge in [0.1, 0.15) is 17.7 Å². The smallest absolute Gasteiger partial charge is 0.314 e. The van der Waals surface area contributed by atoms with Crippen LogP contribution in [0.2, 0.25) is 0 Å². The summed E-state index contributed by atoms with van der Waals surface area (Å²) in [6.07, 6.45) is 2.56. The number of carbonyl (C=O) groups is 1. The van der Waals surface area contributed by atoms with Crippen molar-refractivity contribution in [3.63, 3.8) is 0 Å². The first-order valence-electron chi connectivity index (χ1n) is 7.72. The van der Waals surface area contributed by atoms with Crippen molar-refractivity contribution in [2.75, 3.05) is 25.0 Å². The van der Waals surface area contributed by atoms with Crippen LogP contribution in [0.5, 0.6) is 5.75 Å². The number of para-hydroxylation sites is 1. The van der Waals surface area contributed by atoms with Crippen molar-refractivity contribution in [1.82, 2.24) is 15.6 Å². The Labute approximate surface area is 135 Å². The molecule has 0 unspecified atom stereocenters. The molecule has 1 aliphatic heterocycles. The molecule has 0 bridgehead atoms. The summed E-state index contributed by atoms with van der Waals surface area (Å²) in [5, 5.41) is 8.77. The molecule has 3 N–H and O–H groups in total. The number of nitrogens with one attached hydrogen (secondary N) is 3. The number of nitrogens with zero attached hydrogens (tertiary/aromatic N) is 1. The third-order valence-electron chi connectivity index (χ3n) is 3.59. The van der Waals surface area contributed by atoms with Gasteiger partial charge in [-0.05, 0) is 23.8 Å². The van der Waals surface area contributed by atoms with Crippen LogP contribution in [0.25, 0.3) is 0 Å². The van der Waals surface area contributed by atoms with Gasteiger partial charge in [0, 0.05) is 25.7 Å². The summed E-state index contributed by atoms with van der Waals surface area (Å²) in [6.45, 7) is 1.64. The van der Waals surface area contributed by atoms with Gasteiger partial charge in [-0.25, -0.2) is 9.78 Å². The Kier molecular flexibility index (Phi) is 4.93. The van der Waals surface area contributed by atoms with E-state index in [4.69, 9.17) is 4.74 Å². The molecule has 1 aliphatic rings. The quantitative estimate of drug-likeness (QED) is 0.711. The monoisotopic (exact) mass is 312 g/mol. The zero-order valence-electron chi connectivity index (χ0n) is 12.8. The summed E-state index contributed by atoms with van der Waals surface area (Å²) >= 11 is 0. The molecule has 3 rings (SSSR count). The Morgan fingerprint density at radius 1 is 1.13 bits per heavy atom. The average molecular weight is 312 g/mol. The molecule has 0 fully saturated rings. The lowest BCUT2D eigenvalue weighted by Gasteiger charge is -2.13. The van der Waals surface area contributed by atoms with Gasteiger partial charge in [0.05, 0.1) is 6.54 Å². The van der Waals surface area contributed by atoms with Gasteiger partial charge >= 0.3 is 6.03 Å². The maximum Gasteiger partial charge on any atom is 0.314 e. The lowest BCUT2D eigenvalue weighted by atomic mass is 10.1. The maximum atomic E-state index is 11.8. The maximum absolute atomic E-state index is 11.8. The Hall–Kier alpha value is -2.76. The molecule has 2 amide bonds. The number of hydrogen-bond donors (Lipinski definition) is 3. The van der Waals surface area contributed by atoms with Crippen LogP contribution in [0, 0.1) is 0 Å². The zero-order chi connectivity index (χ0) is 15.9.